The van der Waals surface area contributed by atoms with Crippen LogP contribution in [0.15, 0.2) is 22.7 Å². The van der Waals surface area contributed by atoms with E-state index in [-0.39, 0.29) is 0 Å². The highest BCUT2D eigenvalue weighted by Gasteiger charge is 2.23. The second kappa shape index (κ2) is 6.92. The van der Waals surface area contributed by atoms with Gasteiger partial charge in [0.25, 0.3) is 0 Å². The lowest BCUT2D eigenvalue weighted by atomic mass is 10.1. The van der Waals surface area contributed by atoms with Gasteiger partial charge < -0.3 is 10.2 Å². The Kier molecular flexibility index (Phi) is 5.47. The first-order valence-electron chi connectivity index (χ1n) is 7.48. The molecule has 1 aromatic carbocycles. The summed E-state index contributed by atoms with van der Waals surface area (Å²) in [6, 6.07) is 7.79. The fraction of sp³-hybridized carbons (Fsp3) is 0.625. The van der Waals surface area contributed by atoms with Crippen LogP contribution in [0.3, 0.4) is 0 Å². The van der Waals surface area contributed by atoms with Gasteiger partial charge in [-0.15, -0.1) is 0 Å². The van der Waals surface area contributed by atoms with Crippen LogP contribution in [0.1, 0.15) is 31.9 Å². The van der Waals surface area contributed by atoms with Gasteiger partial charge in [0, 0.05) is 41.9 Å². The molecule has 0 spiro atoms. The molecule has 1 N–H and O–H groups in total. The Balaban J connectivity index is 2.15. The molecule has 1 aromatic rings. The van der Waals surface area contributed by atoms with Crippen molar-refractivity contribution in [3.63, 3.8) is 0 Å². The maximum Gasteiger partial charge on any atom is 0.0378 e. The monoisotopic (exact) mass is 339 g/mol. The van der Waals surface area contributed by atoms with Crippen molar-refractivity contribution in [1.82, 2.24) is 10.2 Å². The van der Waals surface area contributed by atoms with Crippen LogP contribution in [0, 0.1) is 0 Å². The molecule has 0 amide bonds. The van der Waals surface area contributed by atoms with Crippen molar-refractivity contribution in [2.45, 2.75) is 32.4 Å². The normalized spacial score (nSPS) is 22.1. The van der Waals surface area contributed by atoms with E-state index in [1.807, 2.05) is 7.05 Å². The molecular formula is C16H26BrN3. The van der Waals surface area contributed by atoms with Crippen LogP contribution in [-0.4, -0.2) is 44.7 Å². The smallest absolute Gasteiger partial charge is 0.0378 e. The molecule has 0 aliphatic carbocycles. The van der Waals surface area contributed by atoms with E-state index >= 15 is 0 Å². The second-order valence-corrected chi connectivity index (χ2v) is 6.56. The van der Waals surface area contributed by atoms with Crippen LogP contribution in [-0.2, 0) is 0 Å². The van der Waals surface area contributed by atoms with Gasteiger partial charge in [-0.2, -0.15) is 0 Å². The minimum absolute atomic E-state index is 0.370. The van der Waals surface area contributed by atoms with E-state index < -0.39 is 0 Å². The molecule has 0 radical (unpaired) electrons. The Hall–Kier alpha value is -0.580. The molecular weight excluding hydrogens is 314 g/mol. The average Bonchev–Trinajstić information content (AvgIpc) is 2.47. The standard InChI is InChI=1S/C16H26BrN3/c1-5-13-11-20(9-8-19(13)4)14-6-7-15(12(2)18-3)16(17)10-14/h6-7,10,12-13,18H,5,8-9,11H2,1-4H3. The third-order valence-electron chi connectivity index (χ3n) is 4.50. The number of likely N-dealkylation sites (N-methyl/N-ethyl adjacent to an activating group) is 1. The Morgan fingerprint density at radius 1 is 1.40 bits per heavy atom. The van der Waals surface area contributed by atoms with Gasteiger partial charge in [-0.25, -0.2) is 0 Å². The first kappa shape index (κ1) is 15.8. The number of anilines is 1. The molecule has 1 aliphatic heterocycles. The summed E-state index contributed by atoms with van der Waals surface area (Å²) in [4.78, 5) is 4.98. The van der Waals surface area contributed by atoms with Gasteiger partial charge in [-0.05, 0) is 45.1 Å². The summed E-state index contributed by atoms with van der Waals surface area (Å²) in [7, 11) is 4.23. The molecule has 1 heterocycles. The number of hydrogen-bond donors (Lipinski definition) is 1. The van der Waals surface area contributed by atoms with Gasteiger partial charge in [0.05, 0.1) is 0 Å². The first-order chi connectivity index (χ1) is 9.56. The molecule has 2 atom stereocenters. The molecule has 0 bridgehead atoms. The van der Waals surface area contributed by atoms with Gasteiger partial charge in [0.15, 0.2) is 0 Å². The summed E-state index contributed by atoms with van der Waals surface area (Å²) < 4.78 is 1.20. The quantitative estimate of drug-likeness (QED) is 0.908. The third kappa shape index (κ3) is 3.35. The molecule has 20 heavy (non-hydrogen) atoms. The zero-order valence-corrected chi connectivity index (χ0v) is 14.6. The van der Waals surface area contributed by atoms with Crippen LogP contribution in [0.2, 0.25) is 0 Å². The summed E-state index contributed by atoms with van der Waals surface area (Å²) in [5.74, 6) is 0. The van der Waals surface area contributed by atoms with Crippen molar-refractivity contribution in [3.8, 4) is 0 Å². The fourth-order valence-corrected chi connectivity index (χ4v) is 3.55. The van der Waals surface area contributed by atoms with Crippen LogP contribution < -0.4 is 10.2 Å². The predicted octanol–water partition coefficient (Wildman–Crippen LogP) is 3.26. The van der Waals surface area contributed by atoms with E-state index in [2.05, 4.69) is 70.1 Å². The van der Waals surface area contributed by atoms with Crippen LogP contribution in [0.25, 0.3) is 0 Å². The van der Waals surface area contributed by atoms with Gasteiger partial charge in [0.1, 0.15) is 0 Å². The van der Waals surface area contributed by atoms with E-state index in [0.717, 1.165) is 19.6 Å². The molecule has 112 valence electrons. The van der Waals surface area contributed by atoms with Crippen molar-refractivity contribution in [1.29, 1.82) is 0 Å². The second-order valence-electron chi connectivity index (χ2n) is 5.70. The molecule has 1 saturated heterocycles. The van der Waals surface area contributed by atoms with E-state index in [4.69, 9.17) is 0 Å². The Bertz CT molecular complexity index is 449. The highest BCUT2D eigenvalue weighted by molar-refractivity contribution is 9.10. The first-order valence-corrected chi connectivity index (χ1v) is 8.28. The minimum atomic E-state index is 0.370. The number of nitrogens with zero attached hydrogens (tertiary/aromatic N) is 2. The Morgan fingerprint density at radius 3 is 2.75 bits per heavy atom. The number of piperazine rings is 1. The largest absolute Gasteiger partial charge is 0.369 e. The van der Waals surface area contributed by atoms with Crippen molar-refractivity contribution in [2.75, 3.05) is 38.6 Å². The molecule has 2 unspecified atom stereocenters. The number of rotatable bonds is 4. The van der Waals surface area contributed by atoms with Gasteiger partial charge >= 0.3 is 0 Å². The fourth-order valence-electron chi connectivity index (χ4n) is 2.84. The zero-order chi connectivity index (χ0) is 14.7. The lowest BCUT2D eigenvalue weighted by molar-refractivity contribution is 0.213. The minimum Gasteiger partial charge on any atom is -0.369 e. The topological polar surface area (TPSA) is 18.5 Å². The lowest BCUT2D eigenvalue weighted by Gasteiger charge is -2.40. The van der Waals surface area contributed by atoms with Gasteiger partial charge in [-0.1, -0.05) is 28.9 Å². The SMILES string of the molecule is CCC1CN(c2ccc(C(C)NC)c(Br)c2)CCN1C. The number of benzene rings is 1. The molecule has 1 aliphatic rings. The highest BCUT2D eigenvalue weighted by atomic mass is 79.9. The van der Waals surface area contributed by atoms with Crippen molar-refractivity contribution < 1.29 is 0 Å². The summed E-state index contributed by atoms with van der Waals surface area (Å²) in [5, 5.41) is 3.29. The zero-order valence-electron chi connectivity index (χ0n) is 13.0. The maximum absolute atomic E-state index is 3.72. The molecule has 1 fully saturated rings. The van der Waals surface area contributed by atoms with E-state index in [9.17, 15) is 0 Å². The Labute approximate surface area is 131 Å². The summed E-state index contributed by atoms with van der Waals surface area (Å²) in [5.41, 5.74) is 2.65. The van der Waals surface area contributed by atoms with E-state index in [1.165, 1.54) is 22.1 Å². The number of hydrogen-bond acceptors (Lipinski definition) is 3. The number of nitrogens with one attached hydrogen (secondary N) is 1. The van der Waals surface area contributed by atoms with Crippen LogP contribution in [0.4, 0.5) is 5.69 Å². The van der Waals surface area contributed by atoms with E-state index in [0.29, 0.717) is 12.1 Å². The molecule has 2 rings (SSSR count). The van der Waals surface area contributed by atoms with Crippen LogP contribution in [0.5, 0.6) is 0 Å². The van der Waals surface area contributed by atoms with Gasteiger partial charge in [0.2, 0.25) is 0 Å². The number of halogens is 1. The van der Waals surface area contributed by atoms with Crippen molar-refractivity contribution >= 4 is 21.6 Å². The van der Waals surface area contributed by atoms with Crippen molar-refractivity contribution in [3.05, 3.63) is 28.2 Å². The van der Waals surface area contributed by atoms with Gasteiger partial charge in [-0.3, -0.25) is 4.90 Å². The van der Waals surface area contributed by atoms with Crippen molar-refractivity contribution in [2.24, 2.45) is 0 Å². The predicted molar refractivity (Wildman–Crippen MR) is 90.5 cm³/mol. The molecule has 3 nitrogen and oxygen atoms in total. The van der Waals surface area contributed by atoms with Crippen LogP contribution >= 0.6 is 15.9 Å². The molecule has 4 heteroatoms. The molecule has 0 saturated carbocycles. The maximum atomic E-state index is 3.72. The highest BCUT2D eigenvalue weighted by Crippen LogP contribution is 2.29. The summed E-state index contributed by atoms with van der Waals surface area (Å²) in [6.07, 6.45) is 1.21. The lowest BCUT2D eigenvalue weighted by Crippen LogP contribution is -2.51. The average molecular weight is 340 g/mol. The van der Waals surface area contributed by atoms with E-state index in [1.54, 1.807) is 0 Å². The summed E-state index contributed by atoms with van der Waals surface area (Å²) >= 11 is 3.72. The molecule has 0 aromatic heterocycles. The Morgan fingerprint density at radius 2 is 2.15 bits per heavy atom. The third-order valence-corrected chi connectivity index (χ3v) is 5.18. The summed E-state index contributed by atoms with van der Waals surface area (Å²) in [6.45, 7) is 7.84.